The van der Waals surface area contributed by atoms with Crippen LogP contribution in [-0.4, -0.2) is 30.2 Å². The Morgan fingerprint density at radius 2 is 1.35 bits per heavy atom. The van der Waals surface area contributed by atoms with Crippen molar-refractivity contribution in [2.75, 3.05) is 0 Å². The molecule has 7 aromatic carbocycles. The van der Waals surface area contributed by atoms with Gasteiger partial charge in [0.05, 0.1) is 22.2 Å². The zero-order valence-electron chi connectivity index (χ0n) is 37.1. The Kier molecular flexibility index (Phi) is 8.34. The Bertz CT molecular complexity index is 4070. The van der Waals surface area contributed by atoms with E-state index in [0.717, 1.165) is 71.7 Å². The molecule has 0 spiro atoms. The molecule has 3 atom stereocenters. The van der Waals surface area contributed by atoms with Gasteiger partial charge in [0.1, 0.15) is 17.7 Å². The van der Waals surface area contributed by atoms with Crippen molar-refractivity contribution in [1.82, 2.24) is 24.1 Å². The number of para-hydroxylation sites is 3. The number of fused-ring (bicyclic) bond motifs is 12. The fraction of sp³-hybridized carbons (Fsp3) is 0.131. The van der Waals surface area contributed by atoms with Crippen LogP contribution in [0.2, 0.25) is 0 Å². The van der Waals surface area contributed by atoms with Crippen LogP contribution in [0.1, 0.15) is 48.7 Å². The van der Waals surface area contributed by atoms with E-state index in [-0.39, 0.29) is 17.9 Å². The van der Waals surface area contributed by atoms with Crippen LogP contribution in [0.4, 0.5) is 0 Å². The molecular weight excluding hydrogens is 851 g/mol. The van der Waals surface area contributed by atoms with Crippen molar-refractivity contribution in [2.45, 2.75) is 44.1 Å². The molecule has 0 bridgehead atoms. The van der Waals surface area contributed by atoms with Crippen molar-refractivity contribution in [3.05, 3.63) is 204 Å². The van der Waals surface area contributed by atoms with E-state index in [1.807, 2.05) is 11.3 Å². The number of aromatic nitrogens is 5. The van der Waals surface area contributed by atoms with E-state index in [0.29, 0.717) is 11.6 Å². The van der Waals surface area contributed by atoms with Crippen LogP contribution in [0.3, 0.4) is 0 Å². The van der Waals surface area contributed by atoms with Crippen LogP contribution in [0.25, 0.3) is 104 Å². The monoisotopic (exact) mass is 893 g/mol. The minimum absolute atomic E-state index is 0.0401. The van der Waals surface area contributed by atoms with E-state index >= 15 is 0 Å². The van der Waals surface area contributed by atoms with E-state index < -0.39 is 0 Å². The first kappa shape index (κ1) is 38.3. The van der Waals surface area contributed by atoms with E-state index in [4.69, 9.17) is 19.7 Å². The number of aryl methyl sites for hydroxylation is 1. The van der Waals surface area contributed by atoms with Crippen LogP contribution in [0.5, 0.6) is 0 Å². The van der Waals surface area contributed by atoms with Gasteiger partial charge in [-0.25, -0.2) is 15.0 Å². The highest BCUT2D eigenvalue weighted by molar-refractivity contribution is 7.26. The molecule has 324 valence electrons. The van der Waals surface area contributed by atoms with Crippen molar-refractivity contribution in [2.24, 2.45) is 5.92 Å². The van der Waals surface area contributed by atoms with Gasteiger partial charge in [0.25, 0.3) is 0 Å². The molecule has 5 heterocycles. The Morgan fingerprint density at radius 1 is 0.603 bits per heavy atom. The average molecular weight is 894 g/mol. The lowest BCUT2D eigenvalue weighted by atomic mass is 9.77. The predicted octanol–water partition coefficient (Wildman–Crippen LogP) is 15.4. The number of hydrogen-bond donors (Lipinski definition) is 0. The molecule has 11 aromatic rings. The number of nitrogens with zero attached hydrogens (tertiary/aromatic N) is 5. The summed E-state index contributed by atoms with van der Waals surface area (Å²) in [4.78, 5) is 16.9. The zero-order valence-corrected chi connectivity index (χ0v) is 38.0. The highest BCUT2D eigenvalue weighted by Gasteiger charge is 2.45. The van der Waals surface area contributed by atoms with Gasteiger partial charge < -0.3 is 13.9 Å². The lowest BCUT2D eigenvalue weighted by Gasteiger charge is -2.27. The molecule has 0 radical (unpaired) electrons. The Hall–Kier alpha value is -7.87. The summed E-state index contributed by atoms with van der Waals surface area (Å²) in [5.74, 6) is 3.09. The highest BCUT2D eigenvalue weighted by atomic mass is 32.1. The van der Waals surface area contributed by atoms with Gasteiger partial charge >= 0.3 is 0 Å². The summed E-state index contributed by atoms with van der Waals surface area (Å²) < 4.78 is 14.6. The van der Waals surface area contributed by atoms with Gasteiger partial charge in [0, 0.05) is 70.7 Å². The zero-order chi connectivity index (χ0) is 44.5. The average Bonchev–Trinajstić information content (AvgIpc) is 4.16. The van der Waals surface area contributed by atoms with Crippen molar-refractivity contribution < 1.29 is 4.74 Å². The molecule has 0 amide bonds. The van der Waals surface area contributed by atoms with Gasteiger partial charge in [0.15, 0.2) is 11.6 Å². The lowest BCUT2D eigenvalue weighted by molar-refractivity contribution is 0.122. The summed E-state index contributed by atoms with van der Waals surface area (Å²) in [5.41, 5.74) is 11.6. The molecule has 0 N–H and O–H groups in total. The number of thiophene rings is 1. The number of hydrogen-bond acceptors (Lipinski definition) is 5. The van der Waals surface area contributed by atoms with E-state index in [2.05, 4.69) is 191 Å². The molecular formula is C61H43N5OS. The second-order valence-electron chi connectivity index (χ2n) is 18.7. The fourth-order valence-corrected chi connectivity index (χ4v) is 13.2. The van der Waals surface area contributed by atoms with E-state index in [1.165, 1.54) is 75.0 Å². The summed E-state index contributed by atoms with van der Waals surface area (Å²) in [6.45, 7) is 0. The van der Waals surface area contributed by atoms with Gasteiger partial charge in [-0.3, -0.25) is 0 Å². The molecule has 4 aliphatic rings. The molecule has 6 nitrogen and oxygen atoms in total. The fourth-order valence-electron chi connectivity index (χ4n) is 12.0. The van der Waals surface area contributed by atoms with E-state index in [1.54, 1.807) is 0 Å². The minimum Gasteiger partial charge on any atom is -0.487 e. The van der Waals surface area contributed by atoms with Crippen molar-refractivity contribution in [1.29, 1.82) is 0 Å². The number of rotatable bonds is 5. The maximum Gasteiger partial charge on any atom is 0.165 e. The summed E-state index contributed by atoms with van der Waals surface area (Å²) in [7, 11) is 0. The van der Waals surface area contributed by atoms with Crippen LogP contribution in [0.15, 0.2) is 187 Å². The number of ether oxygens (including phenoxy) is 1. The molecule has 1 aliphatic heterocycles. The van der Waals surface area contributed by atoms with Crippen molar-refractivity contribution >= 4 is 86.8 Å². The molecule has 3 aliphatic carbocycles. The molecule has 7 heteroatoms. The topological polar surface area (TPSA) is 57.8 Å². The van der Waals surface area contributed by atoms with Crippen molar-refractivity contribution in [3.63, 3.8) is 0 Å². The third kappa shape index (κ3) is 5.60. The van der Waals surface area contributed by atoms with Crippen LogP contribution in [0, 0.1) is 5.92 Å². The van der Waals surface area contributed by atoms with Gasteiger partial charge in [-0.2, -0.15) is 0 Å². The molecule has 4 aromatic heterocycles. The summed E-state index contributed by atoms with van der Waals surface area (Å²) in [6.07, 6.45) is 16.5. The molecule has 3 unspecified atom stereocenters. The Morgan fingerprint density at radius 3 is 2.25 bits per heavy atom. The smallest absolute Gasteiger partial charge is 0.165 e. The van der Waals surface area contributed by atoms with Crippen LogP contribution in [-0.2, 0) is 11.2 Å². The van der Waals surface area contributed by atoms with Crippen LogP contribution < -0.4 is 0 Å². The number of benzene rings is 7. The summed E-state index contributed by atoms with van der Waals surface area (Å²) in [5, 5.41) is 8.67. The summed E-state index contributed by atoms with van der Waals surface area (Å²) >= 11 is 1.82. The highest BCUT2D eigenvalue weighted by Crippen LogP contribution is 2.53. The number of allylic oxidation sites excluding steroid dienone is 4. The Labute approximate surface area is 396 Å². The molecule has 0 saturated carbocycles. The maximum atomic E-state index is 7.29. The quantitative estimate of drug-likeness (QED) is 0.162. The third-order valence-electron chi connectivity index (χ3n) is 15.0. The normalized spacial score (nSPS) is 18.8. The summed E-state index contributed by atoms with van der Waals surface area (Å²) in [6, 6.07) is 55.0. The first-order chi connectivity index (χ1) is 33.7. The molecule has 15 rings (SSSR count). The second kappa shape index (κ2) is 14.8. The van der Waals surface area contributed by atoms with E-state index in [9.17, 15) is 0 Å². The SMILES string of the molecule is C1=Cc2c(c3cccc(-c4nc(-c5cccc6c5sc5ccccc56)nc(C5CC=C(n6c7ccccc7c7cc8ccccc8cc76)C6=C5C5C=CCCC5O6)n4)c3n2-c2ccccc2)CC1. The van der Waals surface area contributed by atoms with Crippen molar-refractivity contribution in [3.8, 4) is 28.5 Å². The molecule has 0 fully saturated rings. The predicted molar refractivity (Wildman–Crippen MR) is 280 cm³/mol. The first-order valence-electron chi connectivity index (χ1n) is 24.0. The first-order valence-corrected chi connectivity index (χ1v) is 24.8. The van der Waals surface area contributed by atoms with Gasteiger partial charge in [-0.15, -0.1) is 11.3 Å². The largest absolute Gasteiger partial charge is 0.487 e. The minimum atomic E-state index is -0.140. The standard InChI is InChI=1S/C61H43N5OS/c1-2-18-38(19-3-1)65-49-28-10-6-20-39(49)42-24-14-26-46(56(42)65)60-62-59(63-61(64-60)47-27-15-25-43-41-22-9-13-31-54(41)68-58(43)47)45-32-33-51(57-55(45)44-23-8-12-30-53(44)67-57)66-50-29-11-7-21-40(50)48-34-36-16-4-5-17-37(36)35-52(48)66/h1-5,7-11,13-19,21-29,31,33-35,44-45,53H,6,12,20,30,32H2. The van der Waals surface area contributed by atoms with Gasteiger partial charge in [0.2, 0.25) is 0 Å². The third-order valence-corrected chi connectivity index (χ3v) is 16.2. The molecule has 0 saturated heterocycles. The lowest BCUT2D eigenvalue weighted by Crippen LogP contribution is -2.23. The van der Waals surface area contributed by atoms with Crippen LogP contribution >= 0.6 is 11.3 Å². The second-order valence-corrected chi connectivity index (χ2v) is 19.8. The van der Waals surface area contributed by atoms with Gasteiger partial charge in [-0.1, -0.05) is 127 Å². The van der Waals surface area contributed by atoms with Gasteiger partial charge in [-0.05, 0) is 109 Å². The Balaban J connectivity index is 0.984. The molecule has 68 heavy (non-hydrogen) atoms. The maximum absolute atomic E-state index is 7.29.